The van der Waals surface area contributed by atoms with E-state index in [1.807, 2.05) is 6.92 Å². The number of aliphatic hydroxyl groups excluding tert-OH is 2. The molecule has 0 aromatic rings. The molecule has 154 valence electrons. The molecule has 4 heteroatoms. The van der Waals surface area contributed by atoms with Gasteiger partial charge in [0.2, 0.25) is 0 Å². The van der Waals surface area contributed by atoms with Crippen molar-refractivity contribution < 1.29 is 19.7 Å². The van der Waals surface area contributed by atoms with E-state index in [9.17, 15) is 10.2 Å². The number of aliphatic hydroxyl groups is 2. The fraction of sp³-hybridized carbons (Fsp3) is 1.00. The zero-order chi connectivity index (χ0) is 19.0. The van der Waals surface area contributed by atoms with Crippen molar-refractivity contribution in [2.75, 3.05) is 13.2 Å². The Balaban J connectivity index is 1.43. The van der Waals surface area contributed by atoms with Crippen molar-refractivity contribution in [3.8, 4) is 0 Å². The van der Waals surface area contributed by atoms with Gasteiger partial charge in [0.25, 0.3) is 0 Å². The largest absolute Gasteiger partial charge is 0.393 e. The number of rotatable bonds is 1. The highest BCUT2D eigenvalue weighted by Crippen LogP contribution is 2.68. The van der Waals surface area contributed by atoms with Gasteiger partial charge in [0.1, 0.15) is 0 Å². The Morgan fingerprint density at radius 1 is 0.926 bits per heavy atom. The fourth-order valence-electron chi connectivity index (χ4n) is 8.91. The molecule has 0 amide bonds. The van der Waals surface area contributed by atoms with Gasteiger partial charge in [0.05, 0.1) is 25.4 Å². The highest BCUT2D eigenvalue weighted by Gasteiger charge is 2.64. The van der Waals surface area contributed by atoms with Crippen LogP contribution < -0.4 is 0 Å². The molecule has 0 aromatic carbocycles. The van der Waals surface area contributed by atoms with Crippen LogP contribution in [0.4, 0.5) is 0 Å². The van der Waals surface area contributed by atoms with Crippen LogP contribution in [-0.2, 0) is 9.47 Å². The van der Waals surface area contributed by atoms with Gasteiger partial charge in [-0.25, -0.2) is 0 Å². The molecular weight excluding hydrogens is 340 g/mol. The Labute approximate surface area is 164 Å². The van der Waals surface area contributed by atoms with E-state index in [4.69, 9.17) is 9.47 Å². The summed E-state index contributed by atoms with van der Waals surface area (Å²) < 4.78 is 12.1. The van der Waals surface area contributed by atoms with Crippen molar-refractivity contribution in [2.45, 2.75) is 90.1 Å². The molecule has 5 fully saturated rings. The van der Waals surface area contributed by atoms with Gasteiger partial charge in [-0.2, -0.15) is 0 Å². The maximum absolute atomic E-state index is 11.4. The topological polar surface area (TPSA) is 58.9 Å². The number of fused-ring (bicyclic) bond motifs is 5. The predicted octanol–water partition coefficient (Wildman–Crippen LogP) is 3.74. The minimum atomic E-state index is -0.323. The lowest BCUT2D eigenvalue weighted by atomic mass is 9.43. The average Bonchev–Trinajstić information content (AvgIpc) is 3.19. The first kappa shape index (κ1) is 18.8. The maximum atomic E-state index is 11.4. The van der Waals surface area contributed by atoms with Gasteiger partial charge >= 0.3 is 0 Å². The van der Waals surface area contributed by atoms with Gasteiger partial charge in [-0.1, -0.05) is 13.8 Å². The monoisotopic (exact) mass is 378 g/mol. The molecule has 1 spiro atoms. The van der Waals surface area contributed by atoms with Crippen molar-refractivity contribution in [3.05, 3.63) is 0 Å². The third-order valence-electron chi connectivity index (χ3n) is 10.1. The zero-order valence-corrected chi connectivity index (χ0v) is 17.3. The lowest BCUT2D eigenvalue weighted by Gasteiger charge is -2.63. The quantitative estimate of drug-likeness (QED) is 0.730. The van der Waals surface area contributed by atoms with E-state index in [-0.39, 0.29) is 28.8 Å². The van der Waals surface area contributed by atoms with Crippen LogP contribution in [0.15, 0.2) is 0 Å². The molecule has 4 saturated carbocycles. The average molecular weight is 379 g/mol. The van der Waals surface area contributed by atoms with Crippen molar-refractivity contribution in [2.24, 2.45) is 40.4 Å². The second kappa shape index (κ2) is 6.17. The minimum Gasteiger partial charge on any atom is -0.393 e. The molecule has 0 radical (unpaired) electrons. The molecule has 27 heavy (non-hydrogen) atoms. The van der Waals surface area contributed by atoms with E-state index in [1.165, 1.54) is 19.3 Å². The third-order valence-corrected chi connectivity index (χ3v) is 10.1. The van der Waals surface area contributed by atoms with Gasteiger partial charge in [0, 0.05) is 12.8 Å². The SMILES string of the molecule is CC(O)C1CCC2C3CCC4CC5(CCC4(C)C3[C@@H](O)C[C@]12C)OCCO5. The molecule has 7 unspecified atom stereocenters. The van der Waals surface area contributed by atoms with Crippen LogP contribution in [0.3, 0.4) is 0 Å². The summed E-state index contributed by atoms with van der Waals surface area (Å²) in [6.07, 6.45) is 8.30. The summed E-state index contributed by atoms with van der Waals surface area (Å²) >= 11 is 0. The maximum Gasteiger partial charge on any atom is 0.168 e. The summed E-state index contributed by atoms with van der Waals surface area (Å²) in [4.78, 5) is 0. The van der Waals surface area contributed by atoms with E-state index >= 15 is 0 Å². The first-order valence-electron chi connectivity index (χ1n) is 11.4. The first-order chi connectivity index (χ1) is 12.8. The molecule has 1 heterocycles. The normalized spacial score (nSPS) is 55.0. The van der Waals surface area contributed by atoms with Gasteiger partial charge < -0.3 is 19.7 Å². The van der Waals surface area contributed by atoms with Crippen LogP contribution in [0.1, 0.15) is 72.1 Å². The Morgan fingerprint density at radius 3 is 2.37 bits per heavy atom. The van der Waals surface area contributed by atoms with E-state index in [0.717, 1.165) is 45.3 Å². The van der Waals surface area contributed by atoms with E-state index in [0.29, 0.717) is 29.6 Å². The van der Waals surface area contributed by atoms with Crippen LogP contribution in [0.25, 0.3) is 0 Å². The molecule has 4 aliphatic carbocycles. The fourth-order valence-corrected chi connectivity index (χ4v) is 8.91. The Morgan fingerprint density at radius 2 is 1.67 bits per heavy atom. The first-order valence-corrected chi connectivity index (χ1v) is 11.4. The van der Waals surface area contributed by atoms with Gasteiger partial charge in [-0.05, 0) is 85.9 Å². The van der Waals surface area contributed by atoms with Gasteiger partial charge in [-0.3, -0.25) is 0 Å². The summed E-state index contributed by atoms with van der Waals surface area (Å²) in [7, 11) is 0. The highest BCUT2D eigenvalue weighted by atomic mass is 16.7. The second-order valence-corrected chi connectivity index (χ2v) is 11.1. The molecular formula is C23H38O4. The standard InChI is InChI=1S/C23H38O4/c1-14(24)17-6-7-18-16-5-4-15-12-23(26-10-11-27-23)9-8-21(15,2)20(16)19(25)13-22(17,18)3/h14-20,24-25H,4-13H2,1-3H3/t14?,15?,16?,17?,18?,19-,20?,21?,22+/m0/s1. The molecule has 5 rings (SSSR count). The van der Waals surface area contributed by atoms with E-state index in [1.54, 1.807) is 0 Å². The summed E-state index contributed by atoms with van der Waals surface area (Å²) in [5.41, 5.74) is 0.304. The van der Waals surface area contributed by atoms with Crippen molar-refractivity contribution in [1.82, 2.24) is 0 Å². The van der Waals surface area contributed by atoms with Crippen molar-refractivity contribution >= 4 is 0 Å². The Kier molecular flexibility index (Phi) is 4.30. The van der Waals surface area contributed by atoms with Crippen molar-refractivity contribution in [3.63, 3.8) is 0 Å². The smallest absolute Gasteiger partial charge is 0.168 e. The van der Waals surface area contributed by atoms with Crippen LogP contribution in [0.2, 0.25) is 0 Å². The molecule has 0 bridgehead atoms. The van der Waals surface area contributed by atoms with Crippen LogP contribution >= 0.6 is 0 Å². The summed E-state index contributed by atoms with van der Waals surface area (Å²) in [5, 5.41) is 21.8. The molecule has 1 saturated heterocycles. The molecule has 4 nitrogen and oxygen atoms in total. The van der Waals surface area contributed by atoms with Crippen LogP contribution in [-0.4, -0.2) is 41.4 Å². The van der Waals surface area contributed by atoms with Crippen molar-refractivity contribution in [1.29, 1.82) is 0 Å². The molecule has 2 N–H and O–H groups in total. The number of ether oxygens (including phenoxy) is 2. The molecule has 5 aliphatic rings. The van der Waals surface area contributed by atoms with Gasteiger partial charge in [-0.15, -0.1) is 0 Å². The van der Waals surface area contributed by atoms with Crippen LogP contribution in [0, 0.1) is 40.4 Å². The Hall–Kier alpha value is -0.160. The molecule has 0 aromatic heterocycles. The lowest BCUT2D eigenvalue weighted by molar-refractivity contribution is -0.243. The van der Waals surface area contributed by atoms with Gasteiger partial charge in [0.15, 0.2) is 5.79 Å². The third kappa shape index (κ3) is 2.55. The zero-order valence-electron chi connectivity index (χ0n) is 17.3. The Bertz CT molecular complexity index is 585. The minimum absolute atomic E-state index is 0.103. The molecule has 9 atom stereocenters. The van der Waals surface area contributed by atoms with E-state index in [2.05, 4.69) is 13.8 Å². The summed E-state index contributed by atoms with van der Waals surface area (Å²) in [5.74, 6) is 2.30. The van der Waals surface area contributed by atoms with Crippen LogP contribution in [0.5, 0.6) is 0 Å². The summed E-state index contributed by atoms with van der Waals surface area (Å²) in [6.45, 7) is 8.25. The lowest BCUT2D eigenvalue weighted by Crippen LogP contribution is -2.60. The molecule has 1 aliphatic heterocycles. The highest BCUT2D eigenvalue weighted by molar-refractivity contribution is 5.13. The van der Waals surface area contributed by atoms with E-state index < -0.39 is 0 Å². The summed E-state index contributed by atoms with van der Waals surface area (Å²) in [6, 6.07) is 0. The second-order valence-electron chi connectivity index (χ2n) is 11.1. The predicted molar refractivity (Wildman–Crippen MR) is 103 cm³/mol. The number of hydrogen-bond donors (Lipinski definition) is 2. The number of hydrogen-bond acceptors (Lipinski definition) is 4.